The number of rotatable bonds is 7. The number of benzene rings is 1. The van der Waals surface area contributed by atoms with Crippen LogP contribution < -0.4 is 34.9 Å². The molecule has 2 aliphatic heterocycles. The van der Waals surface area contributed by atoms with Crippen LogP contribution >= 0.6 is 11.8 Å². The number of likely N-dealkylation sites (tertiary alicyclic amines) is 1. The molecule has 152 valence electrons. The molecule has 1 N–H and O–H groups in total. The molecule has 2 saturated heterocycles. The van der Waals surface area contributed by atoms with E-state index in [0.29, 0.717) is 22.0 Å². The van der Waals surface area contributed by atoms with Crippen LogP contribution in [0.2, 0.25) is 0 Å². The minimum Gasteiger partial charge on any atom is -0.731 e. The summed E-state index contributed by atoms with van der Waals surface area (Å²) < 4.78 is 33.9. The molecule has 29 heavy (non-hydrogen) atoms. The maximum absolute atomic E-state index is 13.0. The molecule has 0 spiro atoms. The SMILES string of the molecule is CSCC[C@@H](NC(=O)c1ccccc1)C(=O)N1CC[C@@H]2[C@H]1C(=O)N2S(=O)(=O)[O-].[Na+]. The van der Waals surface area contributed by atoms with Gasteiger partial charge in [-0.2, -0.15) is 11.8 Å². The Morgan fingerprint density at radius 3 is 2.55 bits per heavy atom. The number of hydrogen-bond acceptors (Lipinski definition) is 7. The van der Waals surface area contributed by atoms with Crippen LogP contribution in [0.1, 0.15) is 23.2 Å². The average Bonchev–Trinajstić information content (AvgIpc) is 3.02. The molecule has 0 aliphatic carbocycles. The van der Waals surface area contributed by atoms with Gasteiger partial charge in [-0.15, -0.1) is 0 Å². The van der Waals surface area contributed by atoms with Crippen molar-refractivity contribution >= 4 is 39.8 Å². The smallest absolute Gasteiger partial charge is 0.731 e. The molecule has 0 saturated carbocycles. The number of fused-ring (bicyclic) bond motifs is 1. The maximum atomic E-state index is 13.0. The van der Waals surface area contributed by atoms with E-state index in [1.54, 1.807) is 30.3 Å². The van der Waals surface area contributed by atoms with Gasteiger partial charge in [0.25, 0.3) is 11.8 Å². The van der Waals surface area contributed by atoms with E-state index in [1.165, 1.54) is 16.7 Å². The molecule has 12 heteroatoms. The van der Waals surface area contributed by atoms with E-state index in [0.717, 1.165) is 0 Å². The number of carbonyl (C=O) groups excluding carboxylic acids is 3. The van der Waals surface area contributed by atoms with E-state index in [1.807, 2.05) is 6.26 Å². The van der Waals surface area contributed by atoms with Gasteiger partial charge in [0, 0.05) is 12.1 Å². The zero-order chi connectivity index (χ0) is 20.5. The third-order valence-electron chi connectivity index (χ3n) is 4.91. The van der Waals surface area contributed by atoms with E-state index >= 15 is 0 Å². The molecule has 2 aliphatic rings. The average molecular weight is 449 g/mol. The van der Waals surface area contributed by atoms with Gasteiger partial charge in [0.05, 0.1) is 6.04 Å². The van der Waals surface area contributed by atoms with Crippen molar-refractivity contribution in [2.45, 2.75) is 31.0 Å². The third kappa shape index (κ3) is 4.97. The summed E-state index contributed by atoms with van der Waals surface area (Å²) in [4.78, 5) is 38.9. The van der Waals surface area contributed by atoms with Crippen LogP contribution in [0.5, 0.6) is 0 Å². The number of β-lactam (4-membered cyclic amide) rings is 1. The Bertz CT molecular complexity index is 882. The van der Waals surface area contributed by atoms with Crippen molar-refractivity contribution in [3.05, 3.63) is 35.9 Å². The Balaban J connectivity index is 0.00000300. The zero-order valence-corrected chi connectivity index (χ0v) is 19.7. The largest absolute Gasteiger partial charge is 1.00 e. The number of nitrogens with one attached hydrogen (secondary N) is 1. The first-order valence-electron chi connectivity index (χ1n) is 8.70. The van der Waals surface area contributed by atoms with Crippen LogP contribution in [0.4, 0.5) is 0 Å². The van der Waals surface area contributed by atoms with Gasteiger partial charge in [-0.3, -0.25) is 14.4 Å². The topological polar surface area (TPSA) is 127 Å². The molecule has 1 aromatic rings. The van der Waals surface area contributed by atoms with Gasteiger partial charge in [0.15, 0.2) is 10.3 Å². The molecule has 3 rings (SSSR count). The number of amides is 3. The Morgan fingerprint density at radius 2 is 1.97 bits per heavy atom. The fourth-order valence-electron chi connectivity index (χ4n) is 3.58. The first kappa shape index (κ1) is 24.2. The van der Waals surface area contributed by atoms with Crippen molar-refractivity contribution in [2.24, 2.45) is 0 Å². The summed E-state index contributed by atoms with van der Waals surface area (Å²) in [5, 5.41) is 2.71. The first-order valence-corrected chi connectivity index (χ1v) is 11.5. The van der Waals surface area contributed by atoms with E-state index in [2.05, 4.69) is 5.32 Å². The van der Waals surface area contributed by atoms with Crippen molar-refractivity contribution in [1.29, 1.82) is 0 Å². The fraction of sp³-hybridized carbons (Fsp3) is 0.471. The zero-order valence-electron chi connectivity index (χ0n) is 16.1. The molecular weight excluding hydrogens is 429 g/mol. The van der Waals surface area contributed by atoms with Crippen LogP contribution in [-0.2, 0) is 19.9 Å². The summed E-state index contributed by atoms with van der Waals surface area (Å²) in [6, 6.07) is 5.84. The van der Waals surface area contributed by atoms with Crippen molar-refractivity contribution in [2.75, 3.05) is 18.6 Å². The van der Waals surface area contributed by atoms with Gasteiger partial charge in [-0.25, -0.2) is 12.7 Å². The summed E-state index contributed by atoms with van der Waals surface area (Å²) in [6.07, 6.45) is 2.45. The van der Waals surface area contributed by atoms with Crippen LogP contribution in [0, 0.1) is 0 Å². The minimum atomic E-state index is -4.89. The van der Waals surface area contributed by atoms with Crippen LogP contribution in [0.15, 0.2) is 30.3 Å². The van der Waals surface area contributed by atoms with Crippen LogP contribution in [0.3, 0.4) is 0 Å². The molecule has 9 nitrogen and oxygen atoms in total. The van der Waals surface area contributed by atoms with E-state index in [4.69, 9.17) is 0 Å². The van der Waals surface area contributed by atoms with Gasteiger partial charge >= 0.3 is 29.6 Å². The van der Waals surface area contributed by atoms with Crippen LogP contribution in [0.25, 0.3) is 0 Å². The fourth-order valence-corrected chi connectivity index (χ4v) is 4.93. The van der Waals surface area contributed by atoms with Gasteiger partial charge in [0.2, 0.25) is 5.91 Å². The molecule has 2 heterocycles. The molecule has 1 aromatic carbocycles. The first-order chi connectivity index (χ1) is 13.3. The molecule has 3 amide bonds. The van der Waals surface area contributed by atoms with E-state index in [-0.39, 0.29) is 42.5 Å². The number of thioether (sulfide) groups is 1. The van der Waals surface area contributed by atoms with Crippen LogP contribution in [-0.4, -0.2) is 76.6 Å². The Labute approximate surface area is 195 Å². The minimum absolute atomic E-state index is 0. The second kappa shape index (κ2) is 9.80. The summed E-state index contributed by atoms with van der Waals surface area (Å²) in [5.74, 6) is -1.12. The molecule has 0 radical (unpaired) electrons. The van der Waals surface area contributed by atoms with Gasteiger partial charge < -0.3 is 14.8 Å². The summed E-state index contributed by atoms with van der Waals surface area (Å²) in [7, 11) is -4.89. The number of hydrogen-bond donors (Lipinski definition) is 1. The molecule has 2 fully saturated rings. The van der Waals surface area contributed by atoms with Gasteiger partial charge in [-0.05, 0) is 37.0 Å². The summed E-state index contributed by atoms with van der Waals surface area (Å²) in [6.45, 7) is 0.156. The molecular formula is C17H20N3NaO6S2. The molecule has 3 atom stereocenters. The summed E-state index contributed by atoms with van der Waals surface area (Å²) >= 11 is 1.51. The number of nitrogens with zero attached hydrogens (tertiary/aromatic N) is 2. The van der Waals surface area contributed by atoms with E-state index in [9.17, 15) is 27.4 Å². The van der Waals surface area contributed by atoms with Crippen molar-refractivity contribution in [1.82, 2.24) is 14.5 Å². The predicted molar refractivity (Wildman–Crippen MR) is 101 cm³/mol. The van der Waals surface area contributed by atoms with Crippen molar-refractivity contribution in [3.8, 4) is 0 Å². The number of carbonyl (C=O) groups is 3. The van der Waals surface area contributed by atoms with E-state index < -0.39 is 46.2 Å². The second-order valence-corrected chi connectivity index (χ2v) is 8.83. The third-order valence-corrected chi connectivity index (χ3v) is 6.49. The monoisotopic (exact) mass is 449 g/mol. The normalized spacial score (nSPS) is 21.7. The van der Waals surface area contributed by atoms with Gasteiger partial charge in [-0.1, -0.05) is 18.2 Å². The standard InChI is InChI=1S/C17H21N3O6S2.Na/c1-27-10-8-12(18-15(21)11-5-3-2-4-6-11)16(22)19-9-7-13-14(19)17(23)20(13)28(24,25)26;/h2-6,12-14H,7-10H2,1H3,(H,18,21)(H,24,25,26);/q;+1/p-1/t12-,13-,14+;/m1./s1. The molecule has 0 unspecified atom stereocenters. The summed E-state index contributed by atoms with van der Waals surface area (Å²) in [5.41, 5.74) is 0.409. The molecule has 0 aromatic heterocycles. The second-order valence-electron chi connectivity index (χ2n) is 6.60. The quantitative estimate of drug-likeness (QED) is 0.264. The van der Waals surface area contributed by atoms with Gasteiger partial charge in [0.1, 0.15) is 12.1 Å². The predicted octanol–water partition coefficient (Wildman–Crippen LogP) is -3.19. The van der Waals surface area contributed by atoms with Crippen molar-refractivity contribution in [3.63, 3.8) is 0 Å². The Kier molecular flexibility index (Phi) is 8.16. The Morgan fingerprint density at radius 1 is 1.31 bits per heavy atom. The van der Waals surface area contributed by atoms with Crippen molar-refractivity contribution < 1.29 is 56.9 Å². The maximum Gasteiger partial charge on any atom is 1.00 e. The Hall–Kier alpha value is -1.11. The molecule has 0 bridgehead atoms.